The molecular weight excluding hydrogens is 178 g/mol. The van der Waals surface area contributed by atoms with Crippen LogP contribution < -0.4 is 5.32 Å². The van der Waals surface area contributed by atoms with Crippen molar-refractivity contribution in [1.29, 1.82) is 0 Å². The van der Waals surface area contributed by atoms with Gasteiger partial charge in [-0.3, -0.25) is 4.79 Å². The van der Waals surface area contributed by atoms with Crippen LogP contribution in [0.2, 0.25) is 0 Å². The Hall–Kier alpha value is -0.410. The van der Waals surface area contributed by atoms with Gasteiger partial charge in [-0.2, -0.15) is 0 Å². The van der Waals surface area contributed by atoms with Crippen LogP contribution in [0, 0.1) is 5.92 Å². The lowest BCUT2D eigenvalue weighted by Gasteiger charge is -2.28. The maximum absolute atomic E-state index is 11.4. The minimum absolute atomic E-state index is 0.263. The molecule has 14 heavy (non-hydrogen) atoms. The third-order valence-corrected chi connectivity index (χ3v) is 3.39. The molecule has 2 unspecified atom stereocenters. The van der Waals surface area contributed by atoms with E-state index in [0.717, 1.165) is 6.42 Å². The molecule has 3 heteroatoms. The summed E-state index contributed by atoms with van der Waals surface area (Å²) in [5, 5.41) is 3.58. The highest BCUT2D eigenvalue weighted by molar-refractivity contribution is 5.79. The number of rotatable bonds is 4. The fourth-order valence-electron chi connectivity index (χ4n) is 2.88. The van der Waals surface area contributed by atoms with E-state index in [1.165, 1.54) is 25.7 Å². The molecule has 0 radical (unpaired) electrons. The fourth-order valence-corrected chi connectivity index (χ4v) is 2.88. The van der Waals surface area contributed by atoms with Crippen molar-refractivity contribution < 1.29 is 9.53 Å². The second kappa shape index (κ2) is 4.41. The van der Waals surface area contributed by atoms with Crippen LogP contribution in [0.15, 0.2) is 0 Å². The number of carbonyl (C=O) groups is 1. The number of Topliss-reactive ketones (excluding diaryl/α,β-unsaturated/α-hetero) is 1. The summed E-state index contributed by atoms with van der Waals surface area (Å²) in [4.78, 5) is 11.4. The summed E-state index contributed by atoms with van der Waals surface area (Å²) < 4.78 is 4.85. The van der Waals surface area contributed by atoms with Gasteiger partial charge in [0.25, 0.3) is 0 Å². The predicted molar refractivity (Wildman–Crippen MR) is 54.2 cm³/mol. The van der Waals surface area contributed by atoms with Gasteiger partial charge in [-0.15, -0.1) is 0 Å². The van der Waals surface area contributed by atoms with Crippen molar-refractivity contribution in [2.24, 2.45) is 5.92 Å². The molecule has 2 bridgehead atoms. The molecule has 0 aromatic heterocycles. The summed E-state index contributed by atoms with van der Waals surface area (Å²) in [6, 6.07) is 1.38. The Morgan fingerprint density at radius 1 is 1.36 bits per heavy atom. The van der Waals surface area contributed by atoms with E-state index in [0.29, 0.717) is 24.6 Å². The molecule has 3 nitrogen and oxygen atoms in total. The molecule has 2 fully saturated rings. The molecule has 80 valence electrons. The highest BCUT2D eigenvalue weighted by Gasteiger charge is 2.33. The van der Waals surface area contributed by atoms with Crippen LogP contribution in [0.5, 0.6) is 0 Å². The van der Waals surface area contributed by atoms with Crippen LogP contribution in [-0.2, 0) is 9.53 Å². The molecule has 2 rings (SSSR count). The van der Waals surface area contributed by atoms with E-state index in [-0.39, 0.29) is 5.78 Å². The van der Waals surface area contributed by atoms with E-state index in [4.69, 9.17) is 4.74 Å². The Labute approximate surface area is 85.2 Å². The standard InChI is InChI=1S/C11H19NO2/c1-14-7-11(13)6-8-4-9-2-3-10(5-8)12-9/h8-10,12H,2-7H2,1H3. The average molecular weight is 197 g/mol. The van der Waals surface area contributed by atoms with Gasteiger partial charge in [-0.25, -0.2) is 0 Å². The molecule has 0 spiro atoms. The average Bonchev–Trinajstić information content (AvgIpc) is 2.46. The Bertz CT molecular complexity index is 205. The molecule has 0 aliphatic carbocycles. The first-order valence-electron chi connectivity index (χ1n) is 5.54. The first-order valence-corrected chi connectivity index (χ1v) is 5.54. The molecule has 2 atom stereocenters. The molecular formula is C11H19NO2. The van der Waals surface area contributed by atoms with Gasteiger partial charge in [0, 0.05) is 25.6 Å². The molecule has 2 heterocycles. The maximum Gasteiger partial charge on any atom is 0.158 e. The number of ether oxygens (including phenoxy) is 1. The van der Waals surface area contributed by atoms with Crippen molar-refractivity contribution in [3.63, 3.8) is 0 Å². The van der Waals surface area contributed by atoms with Crippen LogP contribution in [0.25, 0.3) is 0 Å². The summed E-state index contributed by atoms with van der Waals surface area (Å²) in [6.45, 7) is 0.291. The summed E-state index contributed by atoms with van der Waals surface area (Å²) in [6.07, 6.45) is 5.71. The van der Waals surface area contributed by atoms with E-state index in [1.807, 2.05) is 0 Å². The van der Waals surface area contributed by atoms with Gasteiger partial charge in [-0.1, -0.05) is 0 Å². The number of carbonyl (C=O) groups excluding carboxylic acids is 1. The summed E-state index contributed by atoms with van der Waals surface area (Å²) in [5.41, 5.74) is 0. The van der Waals surface area contributed by atoms with Crippen LogP contribution in [0.4, 0.5) is 0 Å². The number of hydrogen-bond donors (Lipinski definition) is 1. The number of hydrogen-bond acceptors (Lipinski definition) is 3. The number of ketones is 1. The Kier molecular flexibility index (Phi) is 3.19. The lowest BCUT2D eigenvalue weighted by Crippen LogP contribution is -2.38. The van der Waals surface area contributed by atoms with Crippen LogP contribution in [-0.4, -0.2) is 31.6 Å². The first-order chi connectivity index (χ1) is 6.78. The van der Waals surface area contributed by atoms with E-state index in [2.05, 4.69) is 5.32 Å². The van der Waals surface area contributed by atoms with E-state index in [9.17, 15) is 4.79 Å². The predicted octanol–water partition coefficient (Wildman–Crippen LogP) is 1.12. The monoisotopic (exact) mass is 197 g/mol. The van der Waals surface area contributed by atoms with Crippen molar-refractivity contribution >= 4 is 5.78 Å². The minimum Gasteiger partial charge on any atom is -0.377 e. The van der Waals surface area contributed by atoms with Gasteiger partial charge >= 0.3 is 0 Å². The van der Waals surface area contributed by atoms with Gasteiger partial charge < -0.3 is 10.1 Å². The van der Waals surface area contributed by atoms with Gasteiger partial charge in [0.1, 0.15) is 6.61 Å². The highest BCUT2D eigenvalue weighted by atomic mass is 16.5. The zero-order valence-electron chi connectivity index (χ0n) is 8.79. The molecule has 1 N–H and O–H groups in total. The fraction of sp³-hybridized carbons (Fsp3) is 0.909. The summed E-state index contributed by atoms with van der Waals surface area (Å²) >= 11 is 0. The third kappa shape index (κ3) is 2.34. The summed E-state index contributed by atoms with van der Waals surface area (Å²) in [7, 11) is 1.59. The normalized spacial score (nSPS) is 35.9. The Balaban J connectivity index is 1.79. The second-order valence-electron chi connectivity index (χ2n) is 4.65. The molecule has 2 aliphatic rings. The lowest BCUT2D eigenvalue weighted by atomic mass is 9.88. The molecule has 2 aliphatic heterocycles. The van der Waals surface area contributed by atoms with E-state index >= 15 is 0 Å². The molecule has 0 aromatic carbocycles. The van der Waals surface area contributed by atoms with Crippen molar-refractivity contribution in [2.45, 2.75) is 44.2 Å². The number of piperidine rings is 1. The van der Waals surface area contributed by atoms with Crippen molar-refractivity contribution in [2.75, 3.05) is 13.7 Å². The van der Waals surface area contributed by atoms with Crippen LogP contribution >= 0.6 is 0 Å². The number of methoxy groups -OCH3 is 1. The van der Waals surface area contributed by atoms with Crippen molar-refractivity contribution in [3.05, 3.63) is 0 Å². The third-order valence-electron chi connectivity index (χ3n) is 3.39. The van der Waals surface area contributed by atoms with Gasteiger partial charge in [-0.05, 0) is 31.6 Å². The van der Waals surface area contributed by atoms with E-state index in [1.54, 1.807) is 7.11 Å². The van der Waals surface area contributed by atoms with Crippen molar-refractivity contribution in [1.82, 2.24) is 5.32 Å². The molecule has 0 saturated carbocycles. The highest BCUT2D eigenvalue weighted by Crippen LogP contribution is 2.32. The van der Waals surface area contributed by atoms with Crippen LogP contribution in [0.1, 0.15) is 32.1 Å². The maximum atomic E-state index is 11.4. The number of fused-ring (bicyclic) bond motifs is 2. The Morgan fingerprint density at radius 3 is 2.57 bits per heavy atom. The SMILES string of the molecule is COCC(=O)CC1CC2CCC(C1)N2. The smallest absolute Gasteiger partial charge is 0.158 e. The topological polar surface area (TPSA) is 38.3 Å². The zero-order chi connectivity index (χ0) is 9.97. The molecule has 2 saturated heterocycles. The van der Waals surface area contributed by atoms with Gasteiger partial charge in [0.05, 0.1) is 0 Å². The molecule has 0 amide bonds. The van der Waals surface area contributed by atoms with Gasteiger partial charge in [0.2, 0.25) is 0 Å². The second-order valence-corrected chi connectivity index (χ2v) is 4.65. The van der Waals surface area contributed by atoms with Crippen molar-refractivity contribution in [3.8, 4) is 0 Å². The first kappa shape index (κ1) is 10.1. The van der Waals surface area contributed by atoms with E-state index < -0.39 is 0 Å². The van der Waals surface area contributed by atoms with Crippen LogP contribution in [0.3, 0.4) is 0 Å². The Morgan fingerprint density at radius 2 is 2.00 bits per heavy atom. The quantitative estimate of drug-likeness (QED) is 0.734. The summed E-state index contributed by atoms with van der Waals surface area (Å²) in [5.74, 6) is 0.871. The largest absolute Gasteiger partial charge is 0.377 e. The molecule has 0 aromatic rings. The van der Waals surface area contributed by atoms with Gasteiger partial charge in [0.15, 0.2) is 5.78 Å². The minimum atomic E-state index is 0.263. The zero-order valence-corrected chi connectivity index (χ0v) is 8.79. The lowest BCUT2D eigenvalue weighted by molar-refractivity contribution is -0.123. The number of nitrogens with one attached hydrogen (secondary N) is 1.